The van der Waals surface area contributed by atoms with E-state index in [9.17, 15) is 24.3 Å². The van der Waals surface area contributed by atoms with Crippen LogP contribution in [0.2, 0.25) is 0 Å². The fourth-order valence-corrected chi connectivity index (χ4v) is 6.00. The number of aromatic nitrogens is 1. The second kappa shape index (κ2) is 14.6. The minimum absolute atomic E-state index is 0.0961. The highest BCUT2D eigenvalue weighted by atomic mass is 16.3. The number of amides is 4. The molecule has 4 atom stereocenters. The molecular formula is C33H41N7O5. The molecule has 5 rings (SSSR count). The van der Waals surface area contributed by atoms with Crippen molar-refractivity contribution in [2.45, 2.75) is 43.5 Å². The van der Waals surface area contributed by atoms with Crippen LogP contribution in [0.15, 0.2) is 66.9 Å². The summed E-state index contributed by atoms with van der Waals surface area (Å²) in [6.45, 7) is 1.47. The zero-order chi connectivity index (χ0) is 31.9. The zero-order valence-corrected chi connectivity index (χ0v) is 25.7. The van der Waals surface area contributed by atoms with Crippen LogP contribution in [-0.2, 0) is 25.6 Å². The Morgan fingerprint density at radius 3 is 2.53 bits per heavy atom. The molecule has 4 amide bonds. The number of hydrogen-bond donors (Lipinski definition) is 4. The van der Waals surface area contributed by atoms with Gasteiger partial charge in [-0.15, -0.1) is 0 Å². The summed E-state index contributed by atoms with van der Waals surface area (Å²) >= 11 is 0. The average molecular weight is 616 g/mol. The van der Waals surface area contributed by atoms with Crippen molar-refractivity contribution in [1.82, 2.24) is 30.3 Å². The molecule has 4 unspecified atom stereocenters. The molecule has 3 heterocycles. The van der Waals surface area contributed by atoms with Gasteiger partial charge in [0.2, 0.25) is 23.6 Å². The number of carbonyl (C=O) groups excluding carboxylic acids is 4. The lowest BCUT2D eigenvalue weighted by molar-refractivity contribution is -0.145. The van der Waals surface area contributed by atoms with Crippen molar-refractivity contribution in [1.29, 1.82) is 0 Å². The number of likely N-dealkylation sites (tertiary alicyclic amines) is 1. The van der Waals surface area contributed by atoms with Crippen LogP contribution in [0.25, 0.3) is 10.9 Å². The second-order valence-electron chi connectivity index (χ2n) is 11.8. The van der Waals surface area contributed by atoms with Gasteiger partial charge in [-0.2, -0.15) is 0 Å². The molecule has 0 aliphatic carbocycles. The van der Waals surface area contributed by atoms with Crippen LogP contribution in [0.3, 0.4) is 0 Å². The van der Waals surface area contributed by atoms with E-state index in [4.69, 9.17) is 0 Å². The number of para-hydroxylation sites is 1. The van der Waals surface area contributed by atoms with Crippen LogP contribution in [0.5, 0.6) is 0 Å². The molecule has 4 N–H and O–H groups in total. The first kappa shape index (κ1) is 32.0. The zero-order valence-electron chi connectivity index (χ0n) is 25.7. The Morgan fingerprint density at radius 1 is 1.00 bits per heavy atom. The predicted molar refractivity (Wildman–Crippen MR) is 170 cm³/mol. The SMILES string of the molecule is CNCC(=O)N1CCN(C)C(C(=O)N2CC(NC(=O)C(O)CCc3ccccc3)CC2C(=O)Nc2cnc3ccccc3c2)C1. The van der Waals surface area contributed by atoms with Gasteiger partial charge < -0.3 is 30.9 Å². The van der Waals surface area contributed by atoms with Gasteiger partial charge >= 0.3 is 0 Å². The van der Waals surface area contributed by atoms with Crippen molar-refractivity contribution in [2.24, 2.45) is 0 Å². The van der Waals surface area contributed by atoms with Crippen LogP contribution in [0.1, 0.15) is 18.4 Å². The van der Waals surface area contributed by atoms with Crippen molar-refractivity contribution in [3.63, 3.8) is 0 Å². The van der Waals surface area contributed by atoms with Crippen molar-refractivity contribution >= 4 is 40.2 Å². The lowest BCUT2D eigenvalue weighted by Crippen LogP contribution is -2.61. The maximum Gasteiger partial charge on any atom is 0.249 e. The fourth-order valence-electron chi connectivity index (χ4n) is 6.00. The van der Waals surface area contributed by atoms with E-state index in [0.29, 0.717) is 25.2 Å². The molecule has 3 aromatic rings. The molecule has 12 heteroatoms. The van der Waals surface area contributed by atoms with Crippen LogP contribution < -0.4 is 16.0 Å². The summed E-state index contributed by atoms with van der Waals surface area (Å²) in [5.41, 5.74) is 2.30. The van der Waals surface area contributed by atoms with Crippen molar-refractivity contribution in [3.8, 4) is 0 Å². The van der Waals surface area contributed by atoms with E-state index < -0.39 is 36.0 Å². The highest BCUT2D eigenvalue weighted by Crippen LogP contribution is 2.24. The van der Waals surface area contributed by atoms with Crippen LogP contribution in [-0.4, -0.2) is 119 Å². The fraction of sp³-hybridized carbons (Fsp3) is 0.424. The lowest BCUT2D eigenvalue weighted by atomic mass is 10.1. The quantitative estimate of drug-likeness (QED) is 0.260. The minimum atomic E-state index is -1.23. The number of benzene rings is 2. The number of aliphatic hydroxyl groups excluding tert-OH is 1. The van der Waals surface area contributed by atoms with Gasteiger partial charge in [-0.25, -0.2) is 0 Å². The Balaban J connectivity index is 1.31. The minimum Gasteiger partial charge on any atom is -0.383 e. The molecule has 0 radical (unpaired) electrons. The molecule has 0 bridgehead atoms. The number of rotatable bonds is 10. The maximum atomic E-state index is 14.1. The molecule has 238 valence electrons. The number of aryl methyl sites for hydroxylation is 1. The van der Waals surface area contributed by atoms with E-state index in [2.05, 4.69) is 20.9 Å². The van der Waals surface area contributed by atoms with Gasteiger partial charge in [0.25, 0.3) is 0 Å². The van der Waals surface area contributed by atoms with Crippen LogP contribution >= 0.6 is 0 Å². The van der Waals surface area contributed by atoms with Crippen molar-refractivity contribution < 1.29 is 24.3 Å². The van der Waals surface area contributed by atoms with Crippen LogP contribution in [0, 0.1) is 0 Å². The van der Waals surface area contributed by atoms with E-state index in [-0.39, 0.29) is 44.3 Å². The summed E-state index contributed by atoms with van der Waals surface area (Å²) < 4.78 is 0. The van der Waals surface area contributed by atoms with E-state index in [0.717, 1.165) is 16.5 Å². The van der Waals surface area contributed by atoms with Crippen molar-refractivity contribution in [3.05, 3.63) is 72.4 Å². The molecule has 0 spiro atoms. The number of pyridine rings is 1. The molecule has 2 aliphatic heterocycles. The van der Waals surface area contributed by atoms with Crippen LogP contribution in [0.4, 0.5) is 5.69 Å². The molecule has 2 aromatic carbocycles. The summed E-state index contributed by atoms with van der Waals surface area (Å²) in [4.78, 5) is 62.9. The monoisotopic (exact) mass is 615 g/mol. The Kier molecular flexibility index (Phi) is 10.4. The molecule has 1 aromatic heterocycles. The number of nitrogens with one attached hydrogen (secondary N) is 3. The van der Waals surface area contributed by atoms with Gasteiger partial charge in [-0.1, -0.05) is 48.5 Å². The number of nitrogens with zero attached hydrogens (tertiary/aromatic N) is 4. The van der Waals surface area contributed by atoms with Gasteiger partial charge in [0, 0.05) is 37.6 Å². The third-order valence-corrected chi connectivity index (χ3v) is 8.56. The topological polar surface area (TPSA) is 147 Å². The highest BCUT2D eigenvalue weighted by Gasteiger charge is 2.44. The van der Waals surface area contributed by atoms with Gasteiger partial charge in [-0.05, 0) is 51.1 Å². The largest absolute Gasteiger partial charge is 0.383 e. The molecule has 2 aliphatic rings. The van der Waals surface area contributed by atoms with E-state index in [1.54, 1.807) is 18.1 Å². The number of piperazine rings is 1. The Labute approximate surface area is 262 Å². The third kappa shape index (κ3) is 7.83. The number of hydrogen-bond acceptors (Lipinski definition) is 8. The standard InChI is InChI=1S/C33H41N7O5/c1-34-19-30(42)39-15-14-38(2)28(21-39)33(45)40-20-25(37-32(44)29(41)13-12-22-8-4-3-5-9-22)17-27(40)31(43)36-24-16-23-10-6-7-11-26(23)35-18-24/h3-11,16,18,25,27-29,34,41H,12-15,17,19-21H2,1-2H3,(H,36,43)(H,37,44). The summed E-state index contributed by atoms with van der Waals surface area (Å²) in [7, 11) is 3.53. The number of aliphatic hydroxyl groups is 1. The maximum absolute atomic E-state index is 14.1. The van der Waals surface area contributed by atoms with Crippen molar-refractivity contribution in [2.75, 3.05) is 52.1 Å². The van der Waals surface area contributed by atoms with E-state index >= 15 is 0 Å². The first-order valence-corrected chi connectivity index (χ1v) is 15.3. The highest BCUT2D eigenvalue weighted by molar-refractivity contribution is 5.99. The van der Waals surface area contributed by atoms with Gasteiger partial charge in [0.1, 0.15) is 18.2 Å². The summed E-state index contributed by atoms with van der Waals surface area (Å²) in [6, 6.07) is 16.9. The van der Waals surface area contributed by atoms with E-state index in [1.165, 1.54) is 4.90 Å². The second-order valence-corrected chi connectivity index (χ2v) is 11.8. The number of carbonyl (C=O) groups is 4. The van der Waals surface area contributed by atoms with E-state index in [1.807, 2.05) is 72.6 Å². The summed E-state index contributed by atoms with van der Waals surface area (Å²) in [5, 5.41) is 20.1. The average Bonchev–Trinajstić information content (AvgIpc) is 3.48. The molecule has 0 saturated carbocycles. The van der Waals surface area contributed by atoms with Gasteiger partial charge in [0.15, 0.2) is 0 Å². The lowest BCUT2D eigenvalue weighted by Gasteiger charge is -2.40. The summed E-state index contributed by atoms with van der Waals surface area (Å²) in [5.74, 6) is -1.33. The molecule has 2 fully saturated rings. The number of anilines is 1. The van der Waals surface area contributed by atoms with Gasteiger partial charge in [-0.3, -0.25) is 29.1 Å². The Bertz CT molecular complexity index is 1520. The molecule has 45 heavy (non-hydrogen) atoms. The Hall–Kier alpha value is -4.39. The number of likely N-dealkylation sites (N-methyl/N-ethyl adjacent to an activating group) is 2. The molecule has 2 saturated heterocycles. The third-order valence-electron chi connectivity index (χ3n) is 8.56. The first-order chi connectivity index (χ1) is 21.7. The Morgan fingerprint density at radius 2 is 1.76 bits per heavy atom. The smallest absolute Gasteiger partial charge is 0.249 e. The molecular weight excluding hydrogens is 574 g/mol. The number of fused-ring (bicyclic) bond motifs is 1. The first-order valence-electron chi connectivity index (χ1n) is 15.3. The predicted octanol–water partition coefficient (Wildman–Crippen LogP) is 0.615. The van der Waals surface area contributed by atoms with Gasteiger partial charge in [0.05, 0.1) is 23.9 Å². The molecule has 12 nitrogen and oxygen atoms in total. The normalized spacial score (nSPS) is 21.0. The summed E-state index contributed by atoms with van der Waals surface area (Å²) in [6.07, 6.45) is 1.29.